The van der Waals surface area contributed by atoms with Crippen LogP contribution in [-0.2, 0) is 6.54 Å². The molecule has 1 aromatic rings. The molecule has 1 aromatic heterocycles. The van der Waals surface area contributed by atoms with Crippen LogP contribution in [0, 0.1) is 0 Å². The SMILES string of the molecule is OC1=NCc2cnccc21. The second-order valence-electron chi connectivity index (χ2n) is 2.17. The van der Waals surface area contributed by atoms with E-state index in [2.05, 4.69) is 9.98 Å². The molecule has 10 heavy (non-hydrogen) atoms. The molecule has 0 amide bonds. The number of hydrogen-bond donors (Lipinski definition) is 1. The Morgan fingerprint density at radius 1 is 1.50 bits per heavy atom. The van der Waals surface area contributed by atoms with Crippen molar-refractivity contribution in [1.82, 2.24) is 4.98 Å². The summed E-state index contributed by atoms with van der Waals surface area (Å²) >= 11 is 0. The van der Waals surface area contributed by atoms with Gasteiger partial charge in [-0.3, -0.25) is 4.98 Å². The average Bonchev–Trinajstić information content (AvgIpc) is 2.34. The van der Waals surface area contributed by atoms with Crippen LogP contribution in [0.4, 0.5) is 0 Å². The van der Waals surface area contributed by atoms with Gasteiger partial charge in [-0.25, -0.2) is 4.99 Å². The third-order valence-electron chi connectivity index (χ3n) is 1.54. The average molecular weight is 134 g/mol. The van der Waals surface area contributed by atoms with Crippen LogP contribution in [-0.4, -0.2) is 16.0 Å². The van der Waals surface area contributed by atoms with E-state index in [0.717, 1.165) is 11.1 Å². The Hall–Kier alpha value is -1.38. The molecule has 50 valence electrons. The maximum absolute atomic E-state index is 9.10. The molecule has 1 N–H and O–H groups in total. The lowest BCUT2D eigenvalue weighted by Gasteiger charge is -1.93. The molecule has 0 saturated heterocycles. The Bertz CT molecular complexity index is 293. The van der Waals surface area contributed by atoms with Crippen molar-refractivity contribution in [3.05, 3.63) is 29.6 Å². The van der Waals surface area contributed by atoms with Gasteiger partial charge in [0, 0.05) is 23.5 Å². The van der Waals surface area contributed by atoms with Crippen LogP contribution in [0.5, 0.6) is 0 Å². The van der Waals surface area contributed by atoms with E-state index in [0.29, 0.717) is 6.54 Å². The minimum Gasteiger partial charge on any atom is -0.493 e. The first-order valence-corrected chi connectivity index (χ1v) is 3.04. The summed E-state index contributed by atoms with van der Waals surface area (Å²) in [6.45, 7) is 0.564. The van der Waals surface area contributed by atoms with Crippen LogP contribution in [0.15, 0.2) is 23.5 Å². The molecular weight excluding hydrogens is 128 g/mol. The van der Waals surface area contributed by atoms with Crippen LogP contribution in [0.1, 0.15) is 11.1 Å². The van der Waals surface area contributed by atoms with Gasteiger partial charge in [0.15, 0.2) is 0 Å². The summed E-state index contributed by atoms with van der Waals surface area (Å²) in [4.78, 5) is 7.74. The van der Waals surface area contributed by atoms with Crippen molar-refractivity contribution in [3.63, 3.8) is 0 Å². The van der Waals surface area contributed by atoms with Crippen molar-refractivity contribution in [3.8, 4) is 0 Å². The van der Waals surface area contributed by atoms with E-state index in [1.54, 1.807) is 18.5 Å². The lowest BCUT2D eigenvalue weighted by atomic mass is 10.2. The summed E-state index contributed by atoms with van der Waals surface area (Å²) in [7, 11) is 0. The van der Waals surface area contributed by atoms with Gasteiger partial charge < -0.3 is 5.11 Å². The third kappa shape index (κ3) is 0.603. The fraction of sp³-hybridized carbons (Fsp3) is 0.143. The highest BCUT2D eigenvalue weighted by atomic mass is 16.3. The summed E-state index contributed by atoms with van der Waals surface area (Å²) in [5.41, 5.74) is 1.81. The Morgan fingerprint density at radius 3 is 3.20 bits per heavy atom. The van der Waals surface area contributed by atoms with Gasteiger partial charge in [0.2, 0.25) is 5.90 Å². The van der Waals surface area contributed by atoms with Crippen LogP contribution in [0.2, 0.25) is 0 Å². The molecule has 0 aliphatic carbocycles. The standard InChI is InChI=1S/C7H6N2O/c10-7-6-1-2-8-3-5(6)4-9-7/h1-3H,4H2,(H,9,10). The maximum atomic E-state index is 9.10. The largest absolute Gasteiger partial charge is 0.493 e. The first-order chi connectivity index (χ1) is 4.88. The molecule has 0 radical (unpaired) electrons. The molecule has 0 fully saturated rings. The summed E-state index contributed by atoms with van der Waals surface area (Å²) < 4.78 is 0. The summed E-state index contributed by atoms with van der Waals surface area (Å²) in [6.07, 6.45) is 3.37. The molecule has 0 unspecified atom stereocenters. The number of fused-ring (bicyclic) bond motifs is 1. The van der Waals surface area contributed by atoms with Crippen LogP contribution in [0.3, 0.4) is 0 Å². The van der Waals surface area contributed by atoms with Crippen molar-refractivity contribution >= 4 is 5.90 Å². The van der Waals surface area contributed by atoms with Crippen LogP contribution >= 0.6 is 0 Å². The van der Waals surface area contributed by atoms with Crippen molar-refractivity contribution in [1.29, 1.82) is 0 Å². The van der Waals surface area contributed by atoms with Crippen molar-refractivity contribution in [2.45, 2.75) is 6.54 Å². The molecule has 1 aliphatic rings. The predicted molar refractivity (Wildman–Crippen MR) is 37.1 cm³/mol. The van der Waals surface area contributed by atoms with E-state index in [1.165, 1.54) is 0 Å². The third-order valence-corrected chi connectivity index (χ3v) is 1.54. The fourth-order valence-corrected chi connectivity index (χ4v) is 1.02. The number of nitrogens with zero attached hydrogens (tertiary/aromatic N) is 2. The first kappa shape index (κ1) is 5.41. The molecule has 0 saturated carbocycles. The number of aromatic nitrogens is 1. The highest BCUT2D eigenvalue weighted by Gasteiger charge is 2.12. The number of aliphatic imine (C=N–C) groups is 1. The van der Waals surface area contributed by atoms with E-state index >= 15 is 0 Å². The minimum atomic E-state index is 0.136. The van der Waals surface area contributed by atoms with Gasteiger partial charge in [-0.1, -0.05) is 0 Å². The molecule has 2 rings (SSSR count). The molecule has 1 aliphatic heterocycles. The number of hydrogen-bond acceptors (Lipinski definition) is 2. The summed E-state index contributed by atoms with van der Waals surface area (Å²) in [5.74, 6) is 0.136. The van der Waals surface area contributed by atoms with Crippen molar-refractivity contribution in [2.75, 3.05) is 0 Å². The number of pyridine rings is 1. The van der Waals surface area contributed by atoms with E-state index in [1.807, 2.05) is 0 Å². The molecule has 0 spiro atoms. The normalized spacial score (nSPS) is 14.6. The molecule has 2 heterocycles. The first-order valence-electron chi connectivity index (χ1n) is 3.04. The van der Waals surface area contributed by atoms with E-state index < -0.39 is 0 Å². The molecule has 3 nitrogen and oxygen atoms in total. The highest BCUT2D eigenvalue weighted by Crippen LogP contribution is 2.14. The van der Waals surface area contributed by atoms with Gasteiger partial charge in [0.05, 0.1) is 6.54 Å². The maximum Gasteiger partial charge on any atom is 0.214 e. The van der Waals surface area contributed by atoms with Crippen LogP contribution in [0.25, 0.3) is 0 Å². The van der Waals surface area contributed by atoms with Crippen LogP contribution < -0.4 is 0 Å². The van der Waals surface area contributed by atoms with Gasteiger partial charge in [-0.2, -0.15) is 0 Å². The van der Waals surface area contributed by atoms with Gasteiger partial charge in [-0.15, -0.1) is 0 Å². The number of rotatable bonds is 0. The molecule has 3 heteroatoms. The quantitative estimate of drug-likeness (QED) is 0.573. The molecule has 0 bridgehead atoms. The highest BCUT2D eigenvalue weighted by molar-refractivity contribution is 5.95. The lowest BCUT2D eigenvalue weighted by molar-refractivity contribution is 0.555. The fourth-order valence-electron chi connectivity index (χ4n) is 1.02. The van der Waals surface area contributed by atoms with E-state index in [-0.39, 0.29) is 5.90 Å². The second kappa shape index (κ2) is 1.80. The van der Waals surface area contributed by atoms with Gasteiger partial charge >= 0.3 is 0 Å². The molecular formula is C7H6N2O. The summed E-state index contributed by atoms with van der Waals surface area (Å²) in [6, 6.07) is 1.77. The van der Waals surface area contributed by atoms with Crippen molar-refractivity contribution in [2.24, 2.45) is 4.99 Å². The zero-order chi connectivity index (χ0) is 6.97. The zero-order valence-corrected chi connectivity index (χ0v) is 5.28. The lowest BCUT2D eigenvalue weighted by Crippen LogP contribution is -1.94. The Balaban J connectivity index is 2.61. The van der Waals surface area contributed by atoms with E-state index in [4.69, 9.17) is 5.11 Å². The smallest absolute Gasteiger partial charge is 0.214 e. The Morgan fingerprint density at radius 2 is 2.40 bits per heavy atom. The Labute approximate surface area is 58.1 Å². The number of aliphatic hydroxyl groups is 1. The van der Waals surface area contributed by atoms with E-state index in [9.17, 15) is 0 Å². The van der Waals surface area contributed by atoms with Gasteiger partial charge in [0.25, 0.3) is 0 Å². The molecule has 0 atom stereocenters. The topological polar surface area (TPSA) is 45.5 Å². The Kier molecular flexibility index (Phi) is 0.974. The predicted octanol–water partition coefficient (Wildman–Crippen LogP) is 0.900. The molecule has 0 aromatic carbocycles. The summed E-state index contributed by atoms with van der Waals surface area (Å²) in [5, 5.41) is 9.10. The second-order valence-corrected chi connectivity index (χ2v) is 2.17. The van der Waals surface area contributed by atoms with Gasteiger partial charge in [-0.05, 0) is 6.07 Å². The monoisotopic (exact) mass is 134 g/mol. The van der Waals surface area contributed by atoms with Gasteiger partial charge in [0.1, 0.15) is 0 Å². The zero-order valence-electron chi connectivity index (χ0n) is 5.28. The number of aliphatic hydroxyl groups excluding tert-OH is 1. The minimum absolute atomic E-state index is 0.136. The van der Waals surface area contributed by atoms with Crippen molar-refractivity contribution < 1.29 is 5.11 Å².